The summed E-state index contributed by atoms with van der Waals surface area (Å²) in [5, 5.41) is 110. The van der Waals surface area contributed by atoms with Gasteiger partial charge in [-0.2, -0.15) is 0 Å². The Morgan fingerprint density at radius 2 is 1.14 bits per heavy atom. The molecule has 13 unspecified atom stereocenters. The van der Waals surface area contributed by atoms with Crippen molar-refractivity contribution in [1.82, 2.24) is 0 Å². The summed E-state index contributed by atoms with van der Waals surface area (Å²) in [7, 11) is 0. The van der Waals surface area contributed by atoms with Crippen molar-refractivity contribution in [2.24, 2.45) is 35.5 Å². The molecule has 5 aromatic carbocycles. The van der Waals surface area contributed by atoms with E-state index in [9.17, 15) is 51.1 Å². The second-order valence-electron chi connectivity index (χ2n) is 33.4. The van der Waals surface area contributed by atoms with E-state index in [0.717, 1.165) is 40.9 Å². The van der Waals surface area contributed by atoms with Crippen molar-refractivity contribution in [3.05, 3.63) is 235 Å². The predicted octanol–water partition coefficient (Wildman–Crippen LogP) is 10.1. The topological polar surface area (TPSA) is 304 Å². The summed E-state index contributed by atoms with van der Waals surface area (Å²) in [6.07, 6.45) is -1.31. The third-order valence-electron chi connectivity index (χ3n) is 25.3. The Morgan fingerprint density at radius 3 is 1.83 bits per heavy atom. The molecule has 0 aromatic heterocycles. The third-order valence-corrected chi connectivity index (χ3v) is 25.7. The maximum atomic E-state index is 16.9. The molecule has 10 N–H and O–H groups in total. The van der Waals surface area contributed by atoms with Gasteiger partial charge < -0.3 is 103 Å². The lowest BCUT2D eigenvalue weighted by molar-refractivity contribution is -0.240. The Kier molecular flexibility index (Phi) is 24.4. The van der Waals surface area contributed by atoms with E-state index in [-0.39, 0.29) is 87.2 Å². The average Bonchev–Trinajstić information content (AvgIpc) is 1.65. The first-order chi connectivity index (χ1) is 54.6. The van der Waals surface area contributed by atoms with Crippen LogP contribution in [0.2, 0.25) is 5.02 Å². The van der Waals surface area contributed by atoms with E-state index >= 15 is 8.78 Å². The lowest BCUT2D eigenvalue weighted by atomic mass is 9.73. The summed E-state index contributed by atoms with van der Waals surface area (Å²) in [6.45, 7) is 12.3. The molecule has 15 rings (SSSR count). The van der Waals surface area contributed by atoms with E-state index in [1.54, 1.807) is 44.2 Å². The van der Waals surface area contributed by atoms with Gasteiger partial charge in [-0.05, 0) is 205 Å². The maximum absolute atomic E-state index is 16.9. The Balaban J connectivity index is 0.517. The Bertz CT molecular complexity index is 4500. The molecule has 0 bridgehead atoms. The molecule has 3 fully saturated rings. The molecule has 24 atom stereocenters. The van der Waals surface area contributed by atoms with Crippen molar-refractivity contribution in [2.45, 2.75) is 201 Å². The fourth-order valence-electron chi connectivity index (χ4n) is 17.9. The summed E-state index contributed by atoms with van der Waals surface area (Å²) in [6, 6.07) is 31.0. The minimum Gasteiger partial charge on any atom is -0.492 e. The molecule has 10 aliphatic rings. The third kappa shape index (κ3) is 16.9. The van der Waals surface area contributed by atoms with Gasteiger partial charge in [0, 0.05) is 22.9 Å². The minimum atomic E-state index is -1.63. The van der Waals surface area contributed by atoms with E-state index in [1.807, 2.05) is 72.8 Å². The molecule has 24 heteroatoms. The summed E-state index contributed by atoms with van der Waals surface area (Å²) in [4.78, 5) is 0. The molecule has 21 nitrogen and oxygen atoms in total. The molecule has 6 heterocycles. The van der Waals surface area contributed by atoms with Crippen molar-refractivity contribution in [3.8, 4) is 23.0 Å². The molecule has 0 radical (unpaired) electrons. The summed E-state index contributed by atoms with van der Waals surface area (Å²) in [5.74, 6) is 1.04. The van der Waals surface area contributed by atoms with Crippen LogP contribution in [0.15, 0.2) is 185 Å². The van der Waals surface area contributed by atoms with Crippen LogP contribution in [0.5, 0.6) is 23.0 Å². The average molecular weight is 1600 g/mol. The van der Waals surface area contributed by atoms with Crippen LogP contribution >= 0.6 is 11.6 Å². The van der Waals surface area contributed by atoms with Gasteiger partial charge in [0.15, 0.2) is 17.4 Å². The lowest BCUT2D eigenvalue weighted by Crippen LogP contribution is -2.60. The van der Waals surface area contributed by atoms with Gasteiger partial charge in [0.25, 0.3) is 0 Å². The largest absolute Gasteiger partial charge is 0.492 e. The quantitative estimate of drug-likeness (QED) is 0.0243. The van der Waals surface area contributed by atoms with Crippen LogP contribution < -0.4 is 18.9 Å². The first-order valence-corrected chi connectivity index (χ1v) is 40.3. The fourth-order valence-corrected chi connectivity index (χ4v) is 18.1. The molecule has 0 amide bonds. The Hall–Kier alpha value is -7.21. The van der Waals surface area contributed by atoms with Crippen LogP contribution in [0.25, 0.3) is 0 Å². The lowest BCUT2D eigenvalue weighted by Gasteiger charge is -2.45. The van der Waals surface area contributed by atoms with Gasteiger partial charge in [-0.3, -0.25) is 0 Å². The highest BCUT2D eigenvalue weighted by Gasteiger charge is 2.51. The SMILES string of the molecule is CC1CC=CC2=C1COC2(C)COc1ccc(CC2CC(C3OC(COC4=C(F)C5=C(CC4)COC5(C)COc4ccc(CC5C=C([C@@H]6O[C@H](COc7cc8c(cc7F)C(C)(COc7ccc(Cc9cc([C@@H]%10O[C@H](CO)[C@@H](O)C(O)[C@H]%10O)ccc9Cl)cc7)OC8)[C@@H](O)[C@H](O)[C@H]6O)C=CC5C)cc4)[C@@H](O)C(O)[C@H]3O)C=CC2C)cc1. The fraction of sp³-hybridized carbons (Fsp3) is 0.511. The number of fused-ring (bicyclic) bond motifs is 1. The second kappa shape index (κ2) is 34.0. The van der Waals surface area contributed by atoms with Crippen LogP contribution in [0.1, 0.15) is 112 Å². The summed E-state index contributed by atoms with van der Waals surface area (Å²) < 4.78 is 102. The second-order valence-corrected chi connectivity index (χ2v) is 33.8. The van der Waals surface area contributed by atoms with Crippen LogP contribution in [0.4, 0.5) is 8.78 Å². The zero-order valence-electron chi connectivity index (χ0n) is 64.9. The molecule has 4 aliphatic carbocycles. The monoisotopic (exact) mass is 1590 g/mol. The predicted molar refractivity (Wildman–Crippen MR) is 416 cm³/mol. The number of aliphatic hydroxyl groups excluding tert-OH is 10. The number of hydrogen-bond donors (Lipinski definition) is 10. The standard InChI is InChI=1S/C90H105ClF2O21/c1-47-10-18-53(33-57(47)30-50-12-22-61(23-13-50)106-44-88(4)65-9-7-8-49(3)64(65)41-111-88)86-83(102)80(99)77(96)72(113-86)42-104-69-29-21-56-39-110-90(6,74(56)75(69)93)46-108-63-24-14-51(15-25-63)31-58-34-54(19-11-48(58)2)87-84(103)81(100)78(97)73(114-87)43-105-70-36-60-40-109-89(5,66(60)37-68(70)92)45-107-62-26-16-52(17-27-62)32-59-35-55(20-28-67(59)91)85-82(101)79(98)76(95)71(38-94)112-85/h7,9-20,22-28,34-37,47-49,53,57-58,71-73,76-87,94-103H,8,21,29-33,38-46H2,1-6H3/t47?,48?,49?,53?,57?,58?,71-,72?,73-,76-,77-,78-,79?,80?,81+,82-,83-,84-,85+,86?,87+,88?,89?,90?/m1/s1. The van der Waals surface area contributed by atoms with Gasteiger partial charge in [-0.15, -0.1) is 0 Å². The van der Waals surface area contributed by atoms with E-state index in [0.29, 0.717) is 94.7 Å². The molecule has 5 aromatic rings. The van der Waals surface area contributed by atoms with Gasteiger partial charge in [0.2, 0.25) is 0 Å². The highest BCUT2D eigenvalue weighted by atomic mass is 35.5. The van der Waals surface area contributed by atoms with Gasteiger partial charge in [0.1, 0.15) is 158 Å². The molecule has 0 spiro atoms. The number of halogens is 3. The van der Waals surface area contributed by atoms with E-state index < -0.39 is 127 Å². The van der Waals surface area contributed by atoms with Crippen molar-refractivity contribution in [2.75, 3.05) is 52.9 Å². The van der Waals surface area contributed by atoms with Crippen molar-refractivity contribution >= 4 is 11.6 Å². The van der Waals surface area contributed by atoms with Crippen LogP contribution in [0.3, 0.4) is 0 Å². The Labute approximate surface area is 667 Å². The molecular formula is C90H105ClF2O21. The summed E-state index contributed by atoms with van der Waals surface area (Å²) >= 11 is 6.60. The van der Waals surface area contributed by atoms with Gasteiger partial charge in [0.05, 0.1) is 32.5 Å². The number of hydrogen-bond acceptors (Lipinski definition) is 21. The first-order valence-electron chi connectivity index (χ1n) is 39.9. The first kappa shape index (κ1) is 81.9. The number of benzene rings is 5. The molecule has 6 aliphatic heterocycles. The van der Waals surface area contributed by atoms with Gasteiger partial charge in [-0.25, -0.2) is 8.78 Å². The molecule has 0 saturated carbocycles. The van der Waals surface area contributed by atoms with E-state index in [4.69, 9.17) is 63.7 Å². The van der Waals surface area contributed by atoms with E-state index in [1.165, 1.54) is 23.3 Å². The van der Waals surface area contributed by atoms with Crippen molar-refractivity contribution < 1.29 is 112 Å². The smallest absolute Gasteiger partial charge is 0.167 e. The van der Waals surface area contributed by atoms with Gasteiger partial charge >= 0.3 is 0 Å². The van der Waals surface area contributed by atoms with Crippen molar-refractivity contribution in [1.29, 1.82) is 0 Å². The normalized spacial score (nSPS) is 35.9. The zero-order valence-corrected chi connectivity index (χ0v) is 65.6. The highest BCUT2D eigenvalue weighted by molar-refractivity contribution is 6.31. The molecule has 612 valence electrons. The molecule has 3 saturated heterocycles. The molecule has 114 heavy (non-hydrogen) atoms. The summed E-state index contributed by atoms with van der Waals surface area (Å²) in [5.41, 5.74) is 6.99. The molecular weight excluding hydrogens is 1490 g/mol. The van der Waals surface area contributed by atoms with Crippen LogP contribution in [0, 0.1) is 41.3 Å². The van der Waals surface area contributed by atoms with Crippen LogP contribution in [-0.4, -0.2) is 201 Å². The highest BCUT2D eigenvalue weighted by Crippen LogP contribution is 2.48. The number of ether oxygens (including phenoxy) is 11. The minimum absolute atomic E-state index is 0.0235. The van der Waals surface area contributed by atoms with Gasteiger partial charge in [-0.1, -0.05) is 123 Å². The van der Waals surface area contributed by atoms with Crippen LogP contribution in [-0.2, 0) is 64.6 Å². The number of allylic oxidation sites excluding steroid dienone is 5. The van der Waals surface area contributed by atoms with E-state index in [2.05, 4.69) is 58.1 Å². The number of rotatable bonds is 25. The number of aliphatic hydroxyl groups is 10. The zero-order chi connectivity index (χ0) is 80.2. The maximum Gasteiger partial charge on any atom is 0.167 e. The Morgan fingerprint density at radius 1 is 0.544 bits per heavy atom. The van der Waals surface area contributed by atoms with Crippen molar-refractivity contribution in [3.63, 3.8) is 0 Å².